The number of esters is 1. The molecule has 0 unspecified atom stereocenters. The molecule has 0 saturated heterocycles. The summed E-state index contributed by atoms with van der Waals surface area (Å²) in [7, 11) is 1.34. The highest BCUT2D eigenvalue weighted by atomic mass is 16.5. The molecule has 2 rings (SSSR count). The predicted octanol–water partition coefficient (Wildman–Crippen LogP) is 4.04. The van der Waals surface area contributed by atoms with E-state index in [9.17, 15) is 4.79 Å². The highest BCUT2D eigenvalue weighted by molar-refractivity contribution is 5.88. The van der Waals surface area contributed by atoms with Gasteiger partial charge in [-0.3, -0.25) is 0 Å². The number of ether oxygens (including phenoxy) is 1. The molecule has 4 nitrogen and oxygen atoms in total. The number of oxazole rings is 1. The van der Waals surface area contributed by atoms with Crippen LogP contribution in [-0.4, -0.2) is 18.1 Å². The van der Waals surface area contributed by atoms with Crippen molar-refractivity contribution in [3.05, 3.63) is 40.8 Å². The van der Waals surface area contributed by atoms with Gasteiger partial charge in [-0.25, -0.2) is 9.78 Å². The SMILES string of the molecule is COC(=O)c1oc(-c2cc(C)cc(C)c2)nc1C(C)(C)C. The van der Waals surface area contributed by atoms with E-state index in [0.29, 0.717) is 11.6 Å². The van der Waals surface area contributed by atoms with Gasteiger partial charge < -0.3 is 9.15 Å². The second-order valence-electron chi connectivity index (χ2n) is 6.31. The molecule has 0 aliphatic heterocycles. The van der Waals surface area contributed by atoms with E-state index in [4.69, 9.17) is 9.15 Å². The molecule has 0 aliphatic carbocycles. The van der Waals surface area contributed by atoms with E-state index in [2.05, 4.69) is 11.1 Å². The molecule has 0 N–H and O–H groups in total. The number of rotatable bonds is 2. The van der Waals surface area contributed by atoms with Crippen LogP contribution < -0.4 is 0 Å². The summed E-state index contributed by atoms with van der Waals surface area (Å²) >= 11 is 0. The van der Waals surface area contributed by atoms with Crippen LogP contribution in [0.3, 0.4) is 0 Å². The fourth-order valence-corrected chi connectivity index (χ4v) is 2.28. The molecule has 1 aromatic heterocycles. The van der Waals surface area contributed by atoms with Gasteiger partial charge in [-0.05, 0) is 26.0 Å². The first-order chi connectivity index (χ1) is 9.72. The van der Waals surface area contributed by atoms with E-state index in [1.807, 2.05) is 46.8 Å². The van der Waals surface area contributed by atoms with Crippen LogP contribution in [-0.2, 0) is 10.2 Å². The molecule has 0 bridgehead atoms. The molecule has 0 spiro atoms. The summed E-state index contributed by atoms with van der Waals surface area (Å²) in [4.78, 5) is 16.4. The molecule has 1 heterocycles. The lowest BCUT2D eigenvalue weighted by atomic mass is 9.91. The van der Waals surface area contributed by atoms with E-state index in [1.165, 1.54) is 7.11 Å². The Morgan fingerprint density at radius 3 is 2.19 bits per heavy atom. The maximum Gasteiger partial charge on any atom is 0.376 e. The van der Waals surface area contributed by atoms with Gasteiger partial charge in [0.15, 0.2) is 0 Å². The van der Waals surface area contributed by atoms with Crippen molar-refractivity contribution >= 4 is 5.97 Å². The van der Waals surface area contributed by atoms with Crippen LogP contribution in [0.4, 0.5) is 0 Å². The number of carbonyl (C=O) groups is 1. The molecule has 1 aromatic carbocycles. The largest absolute Gasteiger partial charge is 0.463 e. The van der Waals surface area contributed by atoms with E-state index in [1.54, 1.807) is 0 Å². The molecule has 0 aliphatic rings. The summed E-state index contributed by atoms with van der Waals surface area (Å²) in [5.74, 6) is 0.134. The Labute approximate surface area is 125 Å². The smallest absolute Gasteiger partial charge is 0.376 e. The van der Waals surface area contributed by atoms with Gasteiger partial charge in [0, 0.05) is 11.0 Å². The number of benzene rings is 1. The minimum Gasteiger partial charge on any atom is -0.463 e. The van der Waals surface area contributed by atoms with E-state index in [-0.39, 0.29) is 11.2 Å². The summed E-state index contributed by atoms with van der Waals surface area (Å²) in [5, 5.41) is 0. The van der Waals surface area contributed by atoms with Crippen LogP contribution in [0.2, 0.25) is 0 Å². The molecule has 112 valence electrons. The summed E-state index contributed by atoms with van der Waals surface area (Å²) in [5.41, 5.74) is 3.43. The van der Waals surface area contributed by atoms with Gasteiger partial charge in [-0.1, -0.05) is 38.0 Å². The Bertz CT molecular complexity index is 658. The molecule has 2 aromatic rings. The zero-order valence-electron chi connectivity index (χ0n) is 13.4. The Morgan fingerprint density at radius 1 is 1.14 bits per heavy atom. The van der Waals surface area contributed by atoms with Crippen LogP contribution in [0.25, 0.3) is 11.5 Å². The number of hydrogen-bond donors (Lipinski definition) is 0. The van der Waals surface area contributed by atoms with E-state index >= 15 is 0 Å². The molecule has 0 saturated carbocycles. The first-order valence-electron chi connectivity index (χ1n) is 6.90. The average Bonchev–Trinajstić information content (AvgIpc) is 2.81. The number of nitrogens with zero attached hydrogens (tertiary/aromatic N) is 1. The molecule has 0 amide bonds. The van der Waals surface area contributed by atoms with Crippen LogP contribution >= 0.6 is 0 Å². The first kappa shape index (κ1) is 15.3. The fourth-order valence-electron chi connectivity index (χ4n) is 2.28. The second-order valence-corrected chi connectivity index (χ2v) is 6.31. The number of methoxy groups -OCH3 is 1. The van der Waals surface area contributed by atoms with Crippen molar-refractivity contribution in [3.63, 3.8) is 0 Å². The molecular weight excluding hydrogens is 266 g/mol. The average molecular weight is 287 g/mol. The predicted molar refractivity (Wildman–Crippen MR) is 81.5 cm³/mol. The van der Waals surface area contributed by atoms with Crippen LogP contribution in [0.15, 0.2) is 22.6 Å². The topological polar surface area (TPSA) is 52.3 Å². The summed E-state index contributed by atoms with van der Waals surface area (Å²) in [6.07, 6.45) is 0. The molecular formula is C17H21NO3. The highest BCUT2D eigenvalue weighted by Crippen LogP contribution is 2.31. The van der Waals surface area contributed by atoms with Crippen molar-refractivity contribution in [2.24, 2.45) is 0 Å². The Hall–Kier alpha value is -2.10. The van der Waals surface area contributed by atoms with Crippen molar-refractivity contribution in [1.82, 2.24) is 4.98 Å². The number of hydrogen-bond acceptors (Lipinski definition) is 4. The minimum atomic E-state index is -0.497. The standard InChI is InChI=1S/C17H21NO3/c1-10-7-11(2)9-12(8-10)15-18-14(17(3,4)5)13(21-15)16(19)20-6/h7-9H,1-6H3. The van der Waals surface area contributed by atoms with Crippen molar-refractivity contribution in [2.75, 3.05) is 7.11 Å². The summed E-state index contributed by atoms with van der Waals surface area (Å²) in [6.45, 7) is 10.0. The Kier molecular flexibility index (Phi) is 3.90. The maximum atomic E-state index is 11.9. The number of aromatic nitrogens is 1. The van der Waals surface area contributed by atoms with Gasteiger partial charge in [0.25, 0.3) is 0 Å². The van der Waals surface area contributed by atoms with Crippen LogP contribution in [0.1, 0.15) is 48.1 Å². The maximum absolute atomic E-state index is 11.9. The van der Waals surface area contributed by atoms with Crippen molar-refractivity contribution in [3.8, 4) is 11.5 Å². The summed E-state index contributed by atoms with van der Waals surface area (Å²) < 4.78 is 10.5. The van der Waals surface area contributed by atoms with E-state index < -0.39 is 5.97 Å². The zero-order valence-corrected chi connectivity index (χ0v) is 13.4. The lowest BCUT2D eigenvalue weighted by Crippen LogP contribution is -2.17. The molecule has 4 heteroatoms. The quantitative estimate of drug-likeness (QED) is 0.782. The van der Waals surface area contributed by atoms with Gasteiger partial charge in [0.2, 0.25) is 11.7 Å². The summed E-state index contributed by atoms with van der Waals surface area (Å²) in [6, 6.07) is 6.07. The third-order valence-corrected chi connectivity index (χ3v) is 3.18. The monoisotopic (exact) mass is 287 g/mol. The highest BCUT2D eigenvalue weighted by Gasteiger charge is 2.30. The molecule has 0 atom stereocenters. The molecule has 0 radical (unpaired) electrons. The second kappa shape index (κ2) is 5.35. The number of carbonyl (C=O) groups excluding carboxylic acids is 1. The Morgan fingerprint density at radius 2 is 1.71 bits per heavy atom. The number of aryl methyl sites for hydroxylation is 2. The van der Waals surface area contributed by atoms with Crippen LogP contribution in [0.5, 0.6) is 0 Å². The van der Waals surface area contributed by atoms with Crippen molar-refractivity contribution in [2.45, 2.75) is 40.0 Å². The fraction of sp³-hybridized carbons (Fsp3) is 0.412. The normalized spacial score (nSPS) is 11.5. The third-order valence-electron chi connectivity index (χ3n) is 3.18. The van der Waals surface area contributed by atoms with Gasteiger partial charge in [-0.2, -0.15) is 0 Å². The lowest BCUT2D eigenvalue weighted by molar-refractivity contribution is 0.0562. The van der Waals surface area contributed by atoms with Gasteiger partial charge in [-0.15, -0.1) is 0 Å². The van der Waals surface area contributed by atoms with Gasteiger partial charge in [0.05, 0.1) is 7.11 Å². The van der Waals surface area contributed by atoms with Crippen molar-refractivity contribution in [1.29, 1.82) is 0 Å². The Balaban J connectivity index is 2.61. The van der Waals surface area contributed by atoms with Crippen molar-refractivity contribution < 1.29 is 13.9 Å². The third kappa shape index (κ3) is 3.15. The zero-order chi connectivity index (χ0) is 15.8. The van der Waals surface area contributed by atoms with E-state index in [0.717, 1.165) is 16.7 Å². The first-order valence-corrected chi connectivity index (χ1v) is 6.90. The molecule has 21 heavy (non-hydrogen) atoms. The van der Waals surface area contributed by atoms with Crippen LogP contribution in [0, 0.1) is 13.8 Å². The lowest BCUT2D eigenvalue weighted by Gasteiger charge is -2.15. The molecule has 0 fully saturated rings. The van der Waals surface area contributed by atoms with Gasteiger partial charge >= 0.3 is 5.97 Å². The van der Waals surface area contributed by atoms with Gasteiger partial charge in [0.1, 0.15) is 5.69 Å². The minimum absolute atomic E-state index is 0.180.